The van der Waals surface area contributed by atoms with Crippen molar-refractivity contribution in [2.45, 2.75) is 93.8 Å². The highest BCUT2D eigenvalue weighted by Gasteiger charge is 2.46. The summed E-state index contributed by atoms with van der Waals surface area (Å²) in [5.41, 5.74) is 23.3. The van der Waals surface area contributed by atoms with Gasteiger partial charge in [0.25, 0.3) is 0 Å². The number of nitrogens with zero attached hydrogens (tertiary/aromatic N) is 3. The molecule has 0 bridgehead atoms. The molecule has 12 N–H and O–H groups in total. The van der Waals surface area contributed by atoms with E-state index < -0.39 is 77.7 Å². The first-order valence-electron chi connectivity index (χ1n) is 23.7. The molecule has 70 heavy (non-hydrogen) atoms. The second-order valence-electron chi connectivity index (χ2n) is 18.5. The third kappa shape index (κ3) is 10.4. The maximum absolute atomic E-state index is 15.2. The fourth-order valence-corrected chi connectivity index (χ4v) is 10.1. The van der Waals surface area contributed by atoms with Crippen molar-refractivity contribution in [3.05, 3.63) is 143 Å². The van der Waals surface area contributed by atoms with Gasteiger partial charge in [-0.3, -0.25) is 33.8 Å². The Hall–Kier alpha value is -7.99. The van der Waals surface area contributed by atoms with Crippen LogP contribution in [-0.4, -0.2) is 117 Å². The van der Waals surface area contributed by atoms with E-state index in [0.29, 0.717) is 5.56 Å². The van der Waals surface area contributed by atoms with Crippen LogP contribution < -0.4 is 38.5 Å². The summed E-state index contributed by atoms with van der Waals surface area (Å²) in [5, 5.41) is 13.5. The van der Waals surface area contributed by atoms with Crippen molar-refractivity contribution in [1.29, 1.82) is 0 Å². The molecule has 0 spiro atoms. The summed E-state index contributed by atoms with van der Waals surface area (Å²) in [6, 6.07) is 24.0. The molecular weight excluding hydrogens is 889 g/mol. The van der Waals surface area contributed by atoms with Gasteiger partial charge in [-0.15, -0.1) is 0 Å². The Balaban J connectivity index is 1.14. The predicted octanol–water partition coefficient (Wildman–Crippen LogP) is 1.57. The van der Waals surface area contributed by atoms with E-state index in [1.165, 1.54) is 9.80 Å². The number of H-pyrrole nitrogens is 2. The highest BCUT2D eigenvalue weighted by molar-refractivity contribution is 5.99. The van der Waals surface area contributed by atoms with Crippen LogP contribution in [-0.2, 0) is 61.0 Å². The first-order chi connectivity index (χ1) is 33.9. The van der Waals surface area contributed by atoms with E-state index >= 15 is 19.2 Å². The molecule has 3 aliphatic rings. The average molecular weight is 947 g/mol. The van der Waals surface area contributed by atoms with Crippen LogP contribution in [0.15, 0.2) is 121 Å². The molecule has 2 aromatic heterocycles. The lowest BCUT2D eigenvalue weighted by molar-refractivity contribution is -0.150. The number of rotatable bonds is 10. The molecule has 4 aromatic carbocycles. The number of hydrogen-bond acceptors (Lipinski definition) is 8. The number of aromatic amines is 2. The highest BCUT2D eigenvalue weighted by atomic mass is 16.2. The minimum Gasteiger partial charge on any atom is -0.370 e. The normalized spacial score (nSPS) is 23.6. The zero-order chi connectivity index (χ0) is 48.9. The van der Waals surface area contributed by atoms with Gasteiger partial charge in [0.05, 0.1) is 0 Å². The van der Waals surface area contributed by atoms with E-state index in [4.69, 9.17) is 17.2 Å². The first kappa shape index (κ1) is 47.1. The van der Waals surface area contributed by atoms with E-state index in [9.17, 15) is 9.59 Å². The van der Waals surface area contributed by atoms with Gasteiger partial charge < -0.3 is 58.2 Å². The minimum absolute atomic E-state index is 0.000335. The number of aliphatic imine (C=N–C) groups is 1. The summed E-state index contributed by atoms with van der Waals surface area (Å²) in [6.07, 6.45) is 4.15. The van der Waals surface area contributed by atoms with Crippen LogP contribution in [0.3, 0.4) is 0 Å². The largest absolute Gasteiger partial charge is 0.370 e. The third-order valence-corrected chi connectivity index (χ3v) is 13.7. The van der Waals surface area contributed by atoms with Crippen molar-refractivity contribution in [3.8, 4) is 0 Å². The minimum atomic E-state index is -1.28. The molecule has 3 aliphatic heterocycles. The maximum atomic E-state index is 15.2. The number of hydrogen-bond donors (Lipinski definition) is 9. The first-order valence-corrected chi connectivity index (χ1v) is 23.7. The Morgan fingerprint density at radius 2 is 1.10 bits per heavy atom. The molecule has 5 heterocycles. The summed E-state index contributed by atoms with van der Waals surface area (Å²) >= 11 is 0. The van der Waals surface area contributed by atoms with Gasteiger partial charge in [-0.2, -0.15) is 0 Å². The number of nitrogens with two attached hydrogens (primary N) is 3. The van der Waals surface area contributed by atoms with Gasteiger partial charge in [0, 0.05) is 85.6 Å². The highest BCUT2D eigenvalue weighted by Crippen LogP contribution is 2.29. The number of carbonyl (C=O) groups is 6. The van der Waals surface area contributed by atoms with Gasteiger partial charge in [-0.1, -0.05) is 91.0 Å². The lowest BCUT2D eigenvalue weighted by atomic mass is 9.92. The fourth-order valence-electron chi connectivity index (χ4n) is 10.1. The number of fused-ring (bicyclic) bond motifs is 5. The second kappa shape index (κ2) is 20.7. The molecule has 18 nitrogen and oxygen atoms in total. The quantitative estimate of drug-likeness (QED) is 0.0547. The van der Waals surface area contributed by atoms with Crippen LogP contribution >= 0.6 is 0 Å². The smallest absolute Gasteiger partial charge is 0.246 e. The molecule has 0 unspecified atom stereocenters. The van der Waals surface area contributed by atoms with Gasteiger partial charge in [0.15, 0.2) is 5.96 Å². The molecule has 0 saturated carbocycles. The van der Waals surface area contributed by atoms with Gasteiger partial charge >= 0.3 is 0 Å². The van der Waals surface area contributed by atoms with Gasteiger partial charge in [-0.05, 0) is 59.2 Å². The number of amides is 6. The van der Waals surface area contributed by atoms with Crippen LogP contribution in [0.25, 0.3) is 21.8 Å². The standard InChI is InChI=1S/C52H58N12O6/c53-35-25-45-51(70)63-28-32-14-5-4-13-31(32)24-44(63)49(68)62-43(23-34-27-58-39-18-9-7-16-37(34)39)48(67)60-41(21-30-11-2-1-3-12-30)46(65)61-42(22-33-26-57-38-17-8-6-15-36(33)38)47(66)59-40(50(69)64(45)29-35)19-10-20-56-52(54)55/h1-9,11-18,26-27,35,40-45,57-58H,10,19-25,28-29,53H2,(H,59,66)(H,60,67)(H,61,65)(H,62,68)(H4,54,55,56)/t35-,40+,41-,42+,43+,44+,45-/m1/s1. The van der Waals surface area contributed by atoms with Gasteiger partial charge in [0.2, 0.25) is 35.4 Å². The molecule has 7 atom stereocenters. The van der Waals surface area contributed by atoms with Crippen molar-refractivity contribution < 1.29 is 28.8 Å². The summed E-state index contributed by atoms with van der Waals surface area (Å²) in [5.74, 6) is -3.77. The molecule has 9 rings (SSSR count). The van der Waals surface area contributed by atoms with Crippen LogP contribution in [0.4, 0.5) is 0 Å². The zero-order valence-electron chi connectivity index (χ0n) is 38.6. The van der Waals surface area contributed by atoms with E-state index in [-0.39, 0.29) is 70.5 Å². The van der Waals surface area contributed by atoms with Gasteiger partial charge in [0.1, 0.15) is 36.3 Å². The molecule has 0 aliphatic carbocycles. The van der Waals surface area contributed by atoms with E-state index in [1.54, 1.807) is 12.4 Å². The van der Waals surface area contributed by atoms with Crippen molar-refractivity contribution >= 4 is 63.2 Å². The lowest BCUT2D eigenvalue weighted by Gasteiger charge is -2.40. The van der Waals surface area contributed by atoms with Gasteiger partial charge in [-0.25, -0.2) is 0 Å². The Morgan fingerprint density at radius 3 is 1.71 bits per heavy atom. The van der Waals surface area contributed by atoms with Crippen molar-refractivity contribution in [2.24, 2.45) is 22.2 Å². The average Bonchev–Trinajstić information content (AvgIpc) is 4.09. The number of benzene rings is 4. The van der Waals surface area contributed by atoms with Crippen LogP contribution in [0.1, 0.15) is 47.1 Å². The summed E-state index contributed by atoms with van der Waals surface area (Å²) < 4.78 is 0. The van der Waals surface area contributed by atoms with Crippen LogP contribution in [0.5, 0.6) is 0 Å². The van der Waals surface area contributed by atoms with Crippen molar-refractivity contribution in [2.75, 3.05) is 13.1 Å². The zero-order valence-corrected chi connectivity index (χ0v) is 38.6. The predicted molar refractivity (Wildman–Crippen MR) is 264 cm³/mol. The van der Waals surface area contributed by atoms with E-state index in [1.807, 2.05) is 103 Å². The van der Waals surface area contributed by atoms with E-state index in [0.717, 1.165) is 44.1 Å². The molecule has 6 amide bonds. The molecule has 2 fully saturated rings. The Bertz CT molecular complexity index is 2950. The summed E-state index contributed by atoms with van der Waals surface area (Å²) in [6.45, 7) is 0.194. The lowest BCUT2D eigenvalue weighted by Crippen LogP contribution is -2.63. The number of aromatic nitrogens is 2. The number of nitrogens with one attached hydrogen (secondary N) is 6. The molecule has 362 valence electrons. The number of para-hydroxylation sites is 2. The van der Waals surface area contributed by atoms with Crippen LogP contribution in [0.2, 0.25) is 0 Å². The molecule has 6 aromatic rings. The summed E-state index contributed by atoms with van der Waals surface area (Å²) in [7, 11) is 0. The molecule has 0 radical (unpaired) electrons. The summed E-state index contributed by atoms with van der Waals surface area (Å²) in [4.78, 5) is 104. The van der Waals surface area contributed by atoms with Crippen LogP contribution in [0, 0.1) is 0 Å². The van der Waals surface area contributed by atoms with Crippen molar-refractivity contribution in [1.82, 2.24) is 41.0 Å². The molecule has 18 heteroatoms. The Kier molecular flexibility index (Phi) is 13.9. The second-order valence-corrected chi connectivity index (χ2v) is 18.5. The van der Waals surface area contributed by atoms with Crippen molar-refractivity contribution in [3.63, 3.8) is 0 Å². The fraction of sp³-hybridized carbons (Fsp3) is 0.327. The SMILES string of the molecule is NC(N)=NCCC[C@@H]1NC(=O)[C@H](Cc2c[nH]c3ccccc23)NC(=O)[C@@H](Cc2ccccc2)NC(=O)[C@H](Cc2c[nH]c3ccccc23)NC(=O)[C@@H]2Cc3ccccc3CN2C(=O)[C@H]2C[C@@H](N)CN2C1=O. The maximum Gasteiger partial charge on any atom is 0.246 e. The molecule has 2 saturated heterocycles. The number of guanidine groups is 1. The number of carbonyl (C=O) groups excluding carboxylic acids is 6. The monoisotopic (exact) mass is 946 g/mol. The topological polar surface area (TPSA) is 279 Å². The van der Waals surface area contributed by atoms with E-state index in [2.05, 4.69) is 36.2 Å². The Labute approximate surface area is 404 Å². The molecular formula is C52H58N12O6. The third-order valence-electron chi connectivity index (χ3n) is 13.7. The Morgan fingerprint density at radius 1 is 0.571 bits per heavy atom.